The molecular formula is C9H15NO3S. The molecule has 3 N–H and O–H groups in total. The van der Waals surface area contributed by atoms with E-state index < -0.39 is 12.2 Å². The number of thioether (sulfide) groups is 1. The fraction of sp³-hybridized carbons (Fsp3) is 0.889. The summed E-state index contributed by atoms with van der Waals surface area (Å²) in [5.41, 5.74) is 0. The van der Waals surface area contributed by atoms with Crippen molar-refractivity contribution in [1.82, 2.24) is 0 Å². The molecule has 0 radical (unpaired) electrons. The molecule has 1 saturated carbocycles. The van der Waals surface area contributed by atoms with E-state index in [1.165, 1.54) is 0 Å². The Bertz CT molecular complexity index is 258. The predicted octanol–water partition coefficient (Wildman–Crippen LogP) is -0.377. The molecule has 1 aliphatic heterocycles. The zero-order chi connectivity index (χ0) is 10.3. The van der Waals surface area contributed by atoms with Crippen molar-refractivity contribution in [3.05, 3.63) is 0 Å². The number of hydrogen-bond acceptors (Lipinski definition) is 5. The predicted molar refractivity (Wildman–Crippen MR) is 55.5 cm³/mol. The third kappa shape index (κ3) is 1.58. The zero-order valence-corrected chi connectivity index (χ0v) is 8.81. The Kier molecular flexibility index (Phi) is 2.83. The molecule has 0 aromatic carbocycles. The third-order valence-corrected chi connectivity index (χ3v) is 4.21. The van der Waals surface area contributed by atoms with Gasteiger partial charge >= 0.3 is 0 Å². The summed E-state index contributed by atoms with van der Waals surface area (Å²) in [6, 6.07) is -0.183. The van der Waals surface area contributed by atoms with Gasteiger partial charge in [-0.25, -0.2) is 0 Å². The average molecular weight is 217 g/mol. The van der Waals surface area contributed by atoms with Crippen molar-refractivity contribution in [2.24, 2.45) is 10.9 Å². The van der Waals surface area contributed by atoms with E-state index in [4.69, 9.17) is 5.11 Å². The van der Waals surface area contributed by atoms with Gasteiger partial charge in [0, 0.05) is 17.8 Å². The SMILES string of the molecule is CC1=N[C@@H]2[C@@H](O)[C@H](O)[C@@H](CO)C[C@@H]2S1. The second kappa shape index (κ2) is 3.81. The minimum atomic E-state index is -0.837. The smallest absolute Gasteiger partial charge is 0.104 e. The van der Waals surface area contributed by atoms with E-state index in [0.29, 0.717) is 0 Å². The lowest BCUT2D eigenvalue weighted by atomic mass is 9.81. The Morgan fingerprint density at radius 3 is 2.79 bits per heavy atom. The van der Waals surface area contributed by atoms with Crippen LogP contribution in [0.4, 0.5) is 0 Å². The summed E-state index contributed by atoms with van der Waals surface area (Å²) in [5, 5.41) is 29.7. The molecule has 0 aromatic heterocycles. The number of aliphatic hydroxyl groups excluding tert-OH is 3. The first-order chi connectivity index (χ1) is 6.63. The Balaban J connectivity index is 2.14. The van der Waals surface area contributed by atoms with Gasteiger partial charge in [0.2, 0.25) is 0 Å². The first-order valence-corrected chi connectivity index (χ1v) is 5.69. The molecule has 2 rings (SSSR count). The summed E-state index contributed by atoms with van der Waals surface area (Å²) in [6.07, 6.45) is -0.933. The van der Waals surface area contributed by atoms with Crippen molar-refractivity contribution in [3.8, 4) is 0 Å². The number of fused-ring (bicyclic) bond motifs is 1. The van der Waals surface area contributed by atoms with E-state index >= 15 is 0 Å². The van der Waals surface area contributed by atoms with E-state index in [-0.39, 0.29) is 23.8 Å². The molecule has 2 aliphatic rings. The number of aliphatic hydroxyl groups is 3. The van der Waals surface area contributed by atoms with Crippen molar-refractivity contribution in [1.29, 1.82) is 0 Å². The molecule has 5 atom stereocenters. The highest BCUT2D eigenvalue weighted by Crippen LogP contribution is 2.39. The molecule has 0 amide bonds. The van der Waals surface area contributed by atoms with Gasteiger partial charge in [-0.2, -0.15) is 0 Å². The molecular weight excluding hydrogens is 202 g/mol. The maximum Gasteiger partial charge on any atom is 0.104 e. The van der Waals surface area contributed by atoms with E-state index in [9.17, 15) is 10.2 Å². The lowest BCUT2D eigenvalue weighted by molar-refractivity contribution is -0.0646. The standard InChI is InChI=1S/C9H15NO3S/c1-4-10-7-6(14-4)2-5(3-11)8(12)9(7)13/h5-9,11-13H,2-3H2,1H3/t5-,6+,7+,8-,9-/m1/s1. The molecule has 4 nitrogen and oxygen atoms in total. The highest BCUT2D eigenvalue weighted by Gasteiger charge is 2.45. The van der Waals surface area contributed by atoms with Crippen LogP contribution in [0, 0.1) is 5.92 Å². The molecule has 0 spiro atoms. The van der Waals surface area contributed by atoms with Crippen molar-refractivity contribution in [2.75, 3.05) is 6.61 Å². The number of aliphatic imine (C=N–C) groups is 1. The van der Waals surface area contributed by atoms with E-state index in [1.807, 2.05) is 6.92 Å². The van der Waals surface area contributed by atoms with Crippen LogP contribution in [0.5, 0.6) is 0 Å². The molecule has 14 heavy (non-hydrogen) atoms. The molecule has 1 fully saturated rings. The third-order valence-electron chi connectivity index (χ3n) is 2.99. The van der Waals surface area contributed by atoms with Crippen LogP contribution in [0.2, 0.25) is 0 Å². The van der Waals surface area contributed by atoms with Gasteiger partial charge in [-0.15, -0.1) is 11.8 Å². The molecule has 1 heterocycles. The summed E-state index contributed by atoms with van der Waals surface area (Å²) in [5.74, 6) is -0.208. The Labute approximate surface area is 87.0 Å². The Hall–Kier alpha value is -0.100. The van der Waals surface area contributed by atoms with Crippen molar-refractivity contribution in [3.63, 3.8) is 0 Å². The molecule has 0 saturated heterocycles. The van der Waals surface area contributed by atoms with Gasteiger partial charge in [0.15, 0.2) is 0 Å². The topological polar surface area (TPSA) is 73.1 Å². The summed E-state index contributed by atoms with van der Waals surface area (Å²) >= 11 is 1.64. The van der Waals surface area contributed by atoms with Crippen molar-refractivity contribution >= 4 is 16.8 Å². The maximum absolute atomic E-state index is 9.79. The molecule has 0 bridgehead atoms. The van der Waals surface area contributed by atoms with Crippen LogP contribution in [0.3, 0.4) is 0 Å². The molecule has 80 valence electrons. The highest BCUT2D eigenvalue weighted by molar-refractivity contribution is 8.14. The van der Waals surface area contributed by atoms with Gasteiger partial charge in [0.05, 0.1) is 17.2 Å². The first kappa shape index (κ1) is 10.4. The summed E-state index contributed by atoms with van der Waals surface area (Å²) in [7, 11) is 0. The molecule has 0 unspecified atom stereocenters. The normalized spacial score (nSPS) is 47.4. The first-order valence-electron chi connectivity index (χ1n) is 4.81. The number of nitrogens with zero attached hydrogens (tertiary/aromatic N) is 1. The maximum atomic E-state index is 9.79. The van der Waals surface area contributed by atoms with E-state index in [1.54, 1.807) is 11.8 Å². The van der Waals surface area contributed by atoms with Crippen molar-refractivity contribution < 1.29 is 15.3 Å². The second-order valence-corrected chi connectivity index (χ2v) is 5.39. The molecule has 0 aromatic rings. The van der Waals surface area contributed by atoms with Crippen LogP contribution in [0.15, 0.2) is 4.99 Å². The van der Waals surface area contributed by atoms with Gasteiger partial charge in [0.1, 0.15) is 6.10 Å². The quantitative estimate of drug-likeness (QED) is 0.560. The summed E-state index contributed by atoms with van der Waals surface area (Å²) in [6.45, 7) is 1.84. The van der Waals surface area contributed by atoms with Gasteiger partial charge in [-0.1, -0.05) is 0 Å². The van der Waals surface area contributed by atoms with Gasteiger partial charge in [-0.05, 0) is 13.3 Å². The van der Waals surface area contributed by atoms with E-state index in [2.05, 4.69) is 4.99 Å². The van der Waals surface area contributed by atoms with Gasteiger partial charge in [-0.3, -0.25) is 4.99 Å². The average Bonchev–Trinajstić information content (AvgIpc) is 2.52. The largest absolute Gasteiger partial charge is 0.396 e. The summed E-state index contributed by atoms with van der Waals surface area (Å²) in [4.78, 5) is 4.30. The van der Waals surface area contributed by atoms with E-state index in [0.717, 1.165) is 11.5 Å². The highest BCUT2D eigenvalue weighted by atomic mass is 32.2. The van der Waals surface area contributed by atoms with Gasteiger partial charge < -0.3 is 15.3 Å². The Morgan fingerprint density at radius 2 is 2.14 bits per heavy atom. The number of rotatable bonds is 1. The molecule has 5 heteroatoms. The van der Waals surface area contributed by atoms with Gasteiger partial charge in [0.25, 0.3) is 0 Å². The van der Waals surface area contributed by atoms with Crippen LogP contribution in [0.1, 0.15) is 13.3 Å². The monoisotopic (exact) mass is 217 g/mol. The fourth-order valence-electron chi connectivity index (χ4n) is 2.20. The summed E-state index contributed by atoms with van der Waals surface area (Å²) < 4.78 is 0. The van der Waals surface area contributed by atoms with Crippen LogP contribution in [0.25, 0.3) is 0 Å². The minimum absolute atomic E-state index is 0.0684. The van der Waals surface area contributed by atoms with Crippen molar-refractivity contribution in [2.45, 2.75) is 36.8 Å². The minimum Gasteiger partial charge on any atom is -0.396 e. The lowest BCUT2D eigenvalue weighted by Gasteiger charge is -2.37. The second-order valence-electron chi connectivity index (χ2n) is 3.95. The van der Waals surface area contributed by atoms with Crippen LogP contribution >= 0.6 is 11.8 Å². The van der Waals surface area contributed by atoms with Crippen LogP contribution < -0.4 is 0 Å². The van der Waals surface area contributed by atoms with Crippen LogP contribution in [-0.4, -0.2) is 50.5 Å². The lowest BCUT2D eigenvalue weighted by Crippen LogP contribution is -2.51. The molecule has 1 aliphatic carbocycles. The zero-order valence-electron chi connectivity index (χ0n) is 8.00. The number of hydrogen-bond donors (Lipinski definition) is 3. The fourth-order valence-corrected chi connectivity index (χ4v) is 3.52. The van der Waals surface area contributed by atoms with Crippen LogP contribution in [-0.2, 0) is 0 Å². The Morgan fingerprint density at radius 1 is 1.43 bits per heavy atom.